The fraction of sp³-hybridized carbons (Fsp3) is 0.455. The second kappa shape index (κ2) is 8.85. The molecule has 44 heavy (non-hydrogen) atoms. The summed E-state index contributed by atoms with van der Waals surface area (Å²) in [6.07, 6.45) is -44.9. The van der Waals surface area contributed by atoms with Gasteiger partial charge in [-0.05, 0) is 0 Å². The Balaban J connectivity index is 2.31. The summed E-state index contributed by atoms with van der Waals surface area (Å²) in [6, 6.07) is 0.228. The molecule has 2 aliphatic rings. The van der Waals surface area contributed by atoms with Crippen LogP contribution in [0.3, 0.4) is 0 Å². The molecule has 0 bridgehead atoms. The fourth-order valence-corrected chi connectivity index (χ4v) is 11.6. The van der Waals surface area contributed by atoms with E-state index in [-0.39, 0.29) is 30.3 Å². The van der Waals surface area contributed by atoms with E-state index in [4.69, 9.17) is 0 Å². The van der Waals surface area contributed by atoms with Crippen molar-refractivity contribution in [3.8, 4) is 0 Å². The Labute approximate surface area is 231 Å². The monoisotopic (exact) mass is 695 g/mol. The summed E-state index contributed by atoms with van der Waals surface area (Å²) in [5.41, 5.74) is -23.5. The molecule has 1 saturated heterocycles. The topological polar surface area (TPSA) is 41.5 Å². The second-order valence-corrected chi connectivity index (χ2v) is 13.6. The van der Waals surface area contributed by atoms with E-state index >= 15 is 0 Å². The summed E-state index contributed by atoms with van der Waals surface area (Å²) in [7, 11) is -7.87. The van der Waals surface area contributed by atoms with Crippen LogP contribution in [-0.2, 0) is 20.2 Å². The van der Waals surface area contributed by atoms with Gasteiger partial charge in [-0.2, -0.15) is 0 Å². The van der Waals surface area contributed by atoms with Crippen molar-refractivity contribution in [3.05, 3.63) is 59.7 Å². The molecule has 3 nitrogen and oxygen atoms in total. The SMILES string of the molecule is [O-]C(c1ccccc1P12(CC(C(F)(F)F)(C(F)(F)F)O1)OC(C(F)(F)F)(C(F)(F)F)c1ccccc12)(C(F)(F)F)C(F)(F)F. The average molecular weight is 695 g/mol. The van der Waals surface area contributed by atoms with Gasteiger partial charge in [-0.1, -0.05) is 0 Å². The molecule has 248 valence electrons. The molecule has 4 rings (SSSR count). The average Bonchev–Trinajstić information content (AvgIpc) is 3.10. The third-order valence-electron chi connectivity index (χ3n) is 7.24. The first-order valence-electron chi connectivity index (χ1n) is 11.2. The van der Waals surface area contributed by atoms with E-state index in [1.165, 1.54) is 0 Å². The van der Waals surface area contributed by atoms with Crippen molar-refractivity contribution in [3.63, 3.8) is 0 Å². The van der Waals surface area contributed by atoms with Gasteiger partial charge in [0, 0.05) is 0 Å². The van der Waals surface area contributed by atoms with Crippen LogP contribution in [0.15, 0.2) is 48.5 Å². The summed E-state index contributed by atoms with van der Waals surface area (Å²) >= 11 is 0. The molecule has 0 N–H and O–H groups in total. The van der Waals surface area contributed by atoms with E-state index in [2.05, 4.69) is 9.05 Å². The zero-order chi connectivity index (χ0) is 34.0. The Morgan fingerprint density at radius 1 is 0.545 bits per heavy atom. The number of hydrogen-bond acceptors (Lipinski definition) is 3. The Morgan fingerprint density at radius 3 is 1.32 bits per heavy atom. The first kappa shape index (κ1) is 34.4. The summed E-state index contributed by atoms with van der Waals surface area (Å²) in [5.74, 6) is 0. The van der Waals surface area contributed by atoms with Crippen LogP contribution in [0.5, 0.6) is 0 Å². The molecule has 2 aliphatic heterocycles. The number of benzene rings is 2. The van der Waals surface area contributed by atoms with Crippen LogP contribution in [0, 0.1) is 0 Å². The van der Waals surface area contributed by atoms with Crippen molar-refractivity contribution in [2.45, 2.75) is 53.9 Å². The van der Waals surface area contributed by atoms with Gasteiger partial charge in [-0.15, -0.1) is 0 Å². The van der Waals surface area contributed by atoms with Crippen LogP contribution in [0.4, 0.5) is 79.0 Å². The molecule has 0 amide bonds. The number of alkyl halides is 18. The Hall–Kier alpha value is -2.51. The van der Waals surface area contributed by atoms with Crippen LogP contribution in [0.1, 0.15) is 11.1 Å². The Bertz CT molecular complexity index is 1410. The Morgan fingerprint density at radius 2 is 0.932 bits per heavy atom. The third kappa shape index (κ3) is 3.90. The number of hydrogen-bond donors (Lipinski definition) is 0. The first-order valence-corrected chi connectivity index (χ1v) is 13.4. The number of fused-ring (bicyclic) bond motifs is 2. The molecule has 0 unspecified atom stereocenters. The minimum absolute atomic E-state index is 0.0203. The Kier molecular flexibility index (Phi) is 6.91. The zero-order valence-electron chi connectivity index (χ0n) is 20.3. The molecule has 0 aromatic heterocycles. The third-order valence-corrected chi connectivity index (χ3v) is 12.4. The van der Waals surface area contributed by atoms with Gasteiger partial charge in [0.15, 0.2) is 0 Å². The number of rotatable bonds is 2. The van der Waals surface area contributed by atoms with Gasteiger partial charge in [0.1, 0.15) is 0 Å². The van der Waals surface area contributed by atoms with E-state index in [9.17, 15) is 84.1 Å². The molecule has 1 fully saturated rings. The van der Waals surface area contributed by atoms with Gasteiger partial charge < -0.3 is 0 Å². The predicted octanol–water partition coefficient (Wildman–Crippen LogP) is 6.94. The molecule has 0 radical (unpaired) electrons. The summed E-state index contributed by atoms with van der Waals surface area (Å²) in [4.78, 5) is 0. The van der Waals surface area contributed by atoms with E-state index in [0.29, 0.717) is 12.1 Å². The normalized spacial score (nSPS) is 22.6. The van der Waals surface area contributed by atoms with Crippen molar-refractivity contribution < 1.29 is 93.2 Å². The number of halogens is 18. The van der Waals surface area contributed by atoms with Crippen LogP contribution in [0.2, 0.25) is 0 Å². The molecule has 2 heterocycles. The zero-order valence-corrected chi connectivity index (χ0v) is 21.2. The predicted molar refractivity (Wildman–Crippen MR) is 109 cm³/mol. The van der Waals surface area contributed by atoms with Gasteiger partial charge in [-0.25, -0.2) is 0 Å². The van der Waals surface area contributed by atoms with Crippen molar-refractivity contribution in [2.24, 2.45) is 0 Å². The molecular formula is C22H10F18O3P-. The van der Waals surface area contributed by atoms with E-state index < -0.39 is 94.9 Å². The van der Waals surface area contributed by atoms with Gasteiger partial charge in [-0.3, -0.25) is 0 Å². The molecule has 0 saturated carbocycles. The van der Waals surface area contributed by atoms with Crippen LogP contribution in [0.25, 0.3) is 0 Å². The van der Waals surface area contributed by atoms with Gasteiger partial charge >= 0.3 is 231 Å². The van der Waals surface area contributed by atoms with Crippen molar-refractivity contribution >= 4 is 17.7 Å². The summed E-state index contributed by atoms with van der Waals surface area (Å²) in [6.45, 7) is 0. The maximum atomic E-state index is 14.4. The van der Waals surface area contributed by atoms with Crippen molar-refractivity contribution in [2.75, 3.05) is 6.16 Å². The summed E-state index contributed by atoms with van der Waals surface area (Å²) in [5, 5.41) is 8.29. The fourth-order valence-electron chi connectivity index (χ4n) is 5.42. The van der Waals surface area contributed by atoms with Gasteiger partial charge in [0.05, 0.1) is 0 Å². The van der Waals surface area contributed by atoms with Crippen LogP contribution >= 0.6 is 7.06 Å². The van der Waals surface area contributed by atoms with Crippen molar-refractivity contribution in [1.29, 1.82) is 0 Å². The van der Waals surface area contributed by atoms with E-state index in [1.807, 2.05) is 0 Å². The van der Waals surface area contributed by atoms with Crippen LogP contribution < -0.4 is 15.7 Å². The van der Waals surface area contributed by atoms with Crippen molar-refractivity contribution in [1.82, 2.24) is 0 Å². The molecular weight excluding hydrogens is 685 g/mol. The minimum atomic E-state index is -7.87. The van der Waals surface area contributed by atoms with E-state index in [0.717, 1.165) is 0 Å². The molecule has 1 spiro atoms. The van der Waals surface area contributed by atoms with Gasteiger partial charge in [0.25, 0.3) is 0 Å². The molecule has 0 aliphatic carbocycles. The maximum absolute atomic E-state index is 14.4. The summed E-state index contributed by atoms with van der Waals surface area (Å²) < 4.78 is 262. The quantitative estimate of drug-likeness (QED) is 0.253. The van der Waals surface area contributed by atoms with Gasteiger partial charge in [0.2, 0.25) is 0 Å². The first-order chi connectivity index (χ1) is 19.4. The molecule has 0 atom stereocenters. The molecule has 2 aromatic rings. The van der Waals surface area contributed by atoms with Crippen LogP contribution in [-0.4, -0.2) is 48.8 Å². The second-order valence-electron chi connectivity index (χ2n) is 9.68. The standard InChI is InChI=1S/C22H10F18O3P/c23-17(24,25)14(18(26,27)28)9-44(42-14,12-7-3-1-5-10(12)15(41,19(29,30)31)20(32,33)34)13-8-4-2-6-11(13)16(43-44,21(35,36)37)22(38,39)40/h1-8H,9H2/q-1. The molecule has 22 heteroatoms. The molecule has 2 aromatic carbocycles. The van der Waals surface area contributed by atoms with E-state index in [1.54, 1.807) is 0 Å².